The maximum Gasteiger partial charge on any atom is 0.0684 e. The lowest BCUT2D eigenvalue weighted by Crippen LogP contribution is -2.02. The molecule has 0 saturated heterocycles. The molecule has 0 unspecified atom stereocenters. The molecule has 0 aliphatic heterocycles. The molecule has 0 spiro atoms. The highest BCUT2D eigenvalue weighted by atomic mass is 15.3. The second-order valence-corrected chi connectivity index (χ2v) is 4.85. The summed E-state index contributed by atoms with van der Waals surface area (Å²) in [7, 11) is 0. The Morgan fingerprint density at radius 3 is 1.86 bits per heavy atom. The van der Waals surface area contributed by atoms with E-state index in [1.807, 2.05) is 0 Å². The monoisotopic (exact) mass is 194 g/mol. The molecule has 0 N–H and O–H groups in total. The highest BCUT2D eigenvalue weighted by molar-refractivity contribution is 5.23. The number of hydrogen-bond donors (Lipinski definition) is 0. The van der Waals surface area contributed by atoms with Crippen molar-refractivity contribution in [2.24, 2.45) is 0 Å². The molecule has 0 aliphatic rings. The van der Waals surface area contributed by atoms with E-state index in [9.17, 15) is 0 Å². The predicted molar refractivity (Wildman–Crippen MR) is 60.8 cm³/mol. The van der Waals surface area contributed by atoms with E-state index in [1.165, 1.54) is 11.3 Å². The second kappa shape index (κ2) is 4.16. The molecule has 1 aromatic heterocycles. The SMILES string of the molecule is CC(C)c1cn(C(C)C)nc1C(C)C. The molecule has 1 heterocycles. The fourth-order valence-electron chi connectivity index (χ4n) is 1.58. The smallest absolute Gasteiger partial charge is 0.0684 e. The fraction of sp³-hybridized carbons (Fsp3) is 0.750. The zero-order valence-corrected chi connectivity index (χ0v) is 10.2. The van der Waals surface area contributed by atoms with Crippen molar-refractivity contribution >= 4 is 0 Å². The van der Waals surface area contributed by atoms with Gasteiger partial charge < -0.3 is 0 Å². The molecule has 0 amide bonds. The zero-order valence-electron chi connectivity index (χ0n) is 10.2. The van der Waals surface area contributed by atoms with Crippen molar-refractivity contribution < 1.29 is 0 Å². The highest BCUT2D eigenvalue weighted by Crippen LogP contribution is 2.25. The van der Waals surface area contributed by atoms with Crippen LogP contribution in [0.1, 0.15) is 70.7 Å². The molecular weight excluding hydrogens is 172 g/mol. The first kappa shape index (κ1) is 11.3. The van der Waals surface area contributed by atoms with Crippen LogP contribution in [0.4, 0.5) is 0 Å². The Hall–Kier alpha value is -0.790. The van der Waals surface area contributed by atoms with Crippen molar-refractivity contribution in [2.45, 2.75) is 59.4 Å². The molecule has 1 rings (SSSR count). The number of nitrogens with zero attached hydrogens (tertiary/aromatic N) is 2. The van der Waals surface area contributed by atoms with Gasteiger partial charge in [-0.15, -0.1) is 0 Å². The maximum absolute atomic E-state index is 4.65. The predicted octanol–water partition coefficient (Wildman–Crippen LogP) is 3.71. The van der Waals surface area contributed by atoms with Crippen LogP contribution in [0.5, 0.6) is 0 Å². The molecule has 0 bridgehead atoms. The van der Waals surface area contributed by atoms with Crippen LogP contribution in [0.2, 0.25) is 0 Å². The maximum atomic E-state index is 4.65. The van der Waals surface area contributed by atoms with Gasteiger partial charge in [0.15, 0.2) is 0 Å². The van der Waals surface area contributed by atoms with Crippen molar-refractivity contribution in [1.29, 1.82) is 0 Å². The molecule has 0 fully saturated rings. The molecule has 80 valence electrons. The van der Waals surface area contributed by atoms with Crippen molar-refractivity contribution in [2.75, 3.05) is 0 Å². The van der Waals surface area contributed by atoms with Crippen LogP contribution >= 0.6 is 0 Å². The van der Waals surface area contributed by atoms with Gasteiger partial charge in [0, 0.05) is 12.2 Å². The third kappa shape index (κ3) is 2.17. The molecule has 0 saturated carbocycles. The molecular formula is C12H22N2. The van der Waals surface area contributed by atoms with E-state index >= 15 is 0 Å². The van der Waals surface area contributed by atoms with Gasteiger partial charge >= 0.3 is 0 Å². The van der Waals surface area contributed by atoms with E-state index in [0.29, 0.717) is 17.9 Å². The van der Waals surface area contributed by atoms with Crippen molar-refractivity contribution in [3.05, 3.63) is 17.5 Å². The first-order valence-corrected chi connectivity index (χ1v) is 5.52. The van der Waals surface area contributed by atoms with E-state index in [1.54, 1.807) is 0 Å². The second-order valence-electron chi connectivity index (χ2n) is 4.85. The van der Waals surface area contributed by atoms with Crippen LogP contribution in [0.25, 0.3) is 0 Å². The van der Waals surface area contributed by atoms with E-state index in [-0.39, 0.29) is 0 Å². The van der Waals surface area contributed by atoms with Gasteiger partial charge in [0.25, 0.3) is 0 Å². The molecule has 2 heteroatoms. The number of rotatable bonds is 3. The lowest BCUT2D eigenvalue weighted by Gasteiger charge is -2.07. The third-order valence-corrected chi connectivity index (χ3v) is 2.49. The standard InChI is InChI=1S/C12H22N2/c1-8(2)11-7-14(10(5)6)13-12(11)9(3)4/h7-10H,1-6H3. The quantitative estimate of drug-likeness (QED) is 0.717. The van der Waals surface area contributed by atoms with Crippen LogP contribution < -0.4 is 0 Å². The Morgan fingerprint density at radius 1 is 1.00 bits per heavy atom. The van der Waals surface area contributed by atoms with E-state index < -0.39 is 0 Å². The van der Waals surface area contributed by atoms with Crippen molar-refractivity contribution in [3.8, 4) is 0 Å². The summed E-state index contributed by atoms with van der Waals surface area (Å²) in [6.07, 6.45) is 2.20. The first-order valence-electron chi connectivity index (χ1n) is 5.52. The van der Waals surface area contributed by atoms with Gasteiger partial charge in [0.1, 0.15) is 0 Å². The Bertz CT molecular complexity index is 270. The summed E-state index contributed by atoms with van der Waals surface area (Å²) in [5, 5.41) is 4.65. The minimum atomic E-state index is 0.458. The molecule has 0 aromatic carbocycles. The summed E-state index contributed by atoms with van der Waals surface area (Å²) in [5.74, 6) is 1.09. The highest BCUT2D eigenvalue weighted by Gasteiger charge is 2.15. The summed E-state index contributed by atoms with van der Waals surface area (Å²) in [5.41, 5.74) is 2.66. The van der Waals surface area contributed by atoms with Crippen molar-refractivity contribution in [3.63, 3.8) is 0 Å². The van der Waals surface area contributed by atoms with Gasteiger partial charge in [0.2, 0.25) is 0 Å². The molecule has 0 radical (unpaired) electrons. The van der Waals surface area contributed by atoms with Crippen LogP contribution in [0.3, 0.4) is 0 Å². The Morgan fingerprint density at radius 2 is 1.57 bits per heavy atom. The molecule has 0 atom stereocenters. The minimum Gasteiger partial charge on any atom is -0.270 e. The minimum absolute atomic E-state index is 0.458. The summed E-state index contributed by atoms with van der Waals surface area (Å²) in [6, 6.07) is 0.458. The van der Waals surface area contributed by atoms with E-state index in [2.05, 4.69) is 57.5 Å². The van der Waals surface area contributed by atoms with Crippen molar-refractivity contribution in [1.82, 2.24) is 9.78 Å². The zero-order chi connectivity index (χ0) is 10.9. The molecule has 0 aliphatic carbocycles. The largest absolute Gasteiger partial charge is 0.270 e. The molecule has 2 nitrogen and oxygen atoms in total. The molecule has 1 aromatic rings. The first-order chi connectivity index (χ1) is 6.43. The van der Waals surface area contributed by atoms with E-state index in [0.717, 1.165) is 0 Å². The summed E-state index contributed by atoms with van der Waals surface area (Å²) in [4.78, 5) is 0. The van der Waals surface area contributed by atoms with Gasteiger partial charge in [-0.05, 0) is 31.2 Å². The lowest BCUT2D eigenvalue weighted by atomic mass is 9.98. The average molecular weight is 194 g/mol. The Balaban J connectivity index is 3.12. The lowest BCUT2D eigenvalue weighted by molar-refractivity contribution is 0.522. The van der Waals surface area contributed by atoms with Gasteiger partial charge in [-0.1, -0.05) is 27.7 Å². The van der Waals surface area contributed by atoms with Gasteiger partial charge in [0.05, 0.1) is 5.69 Å². The van der Waals surface area contributed by atoms with Crippen LogP contribution in [-0.4, -0.2) is 9.78 Å². The fourth-order valence-corrected chi connectivity index (χ4v) is 1.58. The summed E-state index contributed by atoms with van der Waals surface area (Å²) >= 11 is 0. The molecule has 14 heavy (non-hydrogen) atoms. The number of hydrogen-bond acceptors (Lipinski definition) is 1. The van der Waals surface area contributed by atoms with Gasteiger partial charge in [-0.2, -0.15) is 5.10 Å². The number of aromatic nitrogens is 2. The Labute approximate surface area is 87.3 Å². The summed E-state index contributed by atoms with van der Waals surface area (Å²) in [6.45, 7) is 13.2. The van der Waals surface area contributed by atoms with Crippen LogP contribution in [0, 0.1) is 0 Å². The van der Waals surface area contributed by atoms with E-state index in [4.69, 9.17) is 0 Å². The van der Waals surface area contributed by atoms with Crippen LogP contribution in [-0.2, 0) is 0 Å². The normalized spacial score (nSPS) is 12.1. The third-order valence-electron chi connectivity index (χ3n) is 2.49. The topological polar surface area (TPSA) is 17.8 Å². The summed E-state index contributed by atoms with van der Waals surface area (Å²) < 4.78 is 2.07. The van der Waals surface area contributed by atoms with Gasteiger partial charge in [-0.3, -0.25) is 4.68 Å². The Kier molecular flexibility index (Phi) is 3.35. The average Bonchev–Trinajstić information content (AvgIpc) is 2.47. The van der Waals surface area contributed by atoms with Gasteiger partial charge in [-0.25, -0.2) is 0 Å². The van der Waals surface area contributed by atoms with Crippen LogP contribution in [0.15, 0.2) is 6.20 Å².